The van der Waals surface area contributed by atoms with Gasteiger partial charge in [0.05, 0.1) is 6.10 Å². The molecule has 8 nitrogen and oxygen atoms in total. The molecule has 0 spiro atoms. The summed E-state index contributed by atoms with van der Waals surface area (Å²) in [6, 6.07) is 25.5. The van der Waals surface area contributed by atoms with Gasteiger partial charge in [0.2, 0.25) is 0 Å². The van der Waals surface area contributed by atoms with Crippen molar-refractivity contribution in [2.24, 2.45) is 5.73 Å². The number of rotatable bonds is 15. The van der Waals surface area contributed by atoms with Crippen molar-refractivity contribution in [1.82, 2.24) is 4.90 Å². The number of amides is 1. The maximum absolute atomic E-state index is 10.9. The van der Waals surface area contributed by atoms with Gasteiger partial charge < -0.3 is 30.2 Å². The van der Waals surface area contributed by atoms with E-state index in [2.05, 4.69) is 0 Å². The summed E-state index contributed by atoms with van der Waals surface area (Å²) < 4.78 is 16.9. The fourth-order valence-corrected chi connectivity index (χ4v) is 3.58. The zero-order valence-electron chi connectivity index (χ0n) is 20.4. The molecule has 3 atom stereocenters. The second-order valence-corrected chi connectivity index (χ2v) is 8.54. The molecule has 3 aromatic rings. The number of aliphatic hydroxyl groups excluding tert-OH is 2. The van der Waals surface area contributed by atoms with Gasteiger partial charge in [0, 0.05) is 19.1 Å². The summed E-state index contributed by atoms with van der Waals surface area (Å²) in [4.78, 5) is 12.8. The SMILES string of the molecule is C[C@H](COc1ccc(OCC(N)=O)cc1)N(C[C@H](O)COc1ccccc1)C[C@H](O)c1ccccc1. The highest BCUT2D eigenvalue weighted by molar-refractivity contribution is 5.75. The molecule has 3 rings (SSSR count). The van der Waals surface area contributed by atoms with Crippen molar-refractivity contribution in [3.05, 3.63) is 90.5 Å². The average molecular weight is 495 g/mol. The summed E-state index contributed by atoms with van der Waals surface area (Å²) in [5.41, 5.74) is 5.90. The second-order valence-electron chi connectivity index (χ2n) is 8.54. The van der Waals surface area contributed by atoms with Crippen LogP contribution in [0.3, 0.4) is 0 Å². The molecule has 0 radical (unpaired) electrons. The number of ether oxygens (including phenoxy) is 3. The van der Waals surface area contributed by atoms with Crippen LogP contribution in [-0.2, 0) is 4.79 Å². The molecular formula is C28H34N2O6. The molecule has 0 saturated carbocycles. The first kappa shape index (κ1) is 27.0. The van der Waals surface area contributed by atoms with Gasteiger partial charge in [-0.25, -0.2) is 0 Å². The summed E-state index contributed by atoms with van der Waals surface area (Å²) in [5.74, 6) is 1.29. The van der Waals surface area contributed by atoms with Crippen LogP contribution in [0, 0.1) is 0 Å². The molecule has 36 heavy (non-hydrogen) atoms. The highest BCUT2D eigenvalue weighted by atomic mass is 16.5. The third-order valence-corrected chi connectivity index (χ3v) is 5.54. The summed E-state index contributed by atoms with van der Waals surface area (Å²) in [6.07, 6.45) is -1.49. The number of nitrogens with zero attached hydrogens (tertiary/aromatic N) is 1. The highest BCUT2D eigenvalue weighted by Gasteiger charge is 2.22. The molecule has 192 valence electrons. The molecule has 0 aliphatic rings. The van der Waals surface area contributed by atoms with Crippen molar-refractivity contribution in [3.8, 4) is 17.2 Å². The van der Waals surface area contributed by atoms with Crippen LogP contribution in [0.25, 0.3) is 0 Å². The van der Waals surface area contributed by atoms with Gasteiger partial charge in [-0.15, -0.1) is 0 Å². The van der Waals surface area contributed by atoms with Gasteiger partial charge in [-0.2, -0.15) is 0 Å². The Kier molecular flexibility index (Phi) is 10.6. The lowest BCUT2D eigenvalue weighted by Gasteiger charge is -2.32. The van der Waals surface area contributed by atoms with Gasteiger partial charge in [-0.3, -0.25) is 9.69 Å². The minimum absolute atomic E-state index is 0.125. The lowest BCUT2D eigenvalue weighted by molar-refractivity contribution is -0.119. The first-order valence-electron chi connectivity index (χ1n) is 11.9. The van der Waals surface area contributed by atoms with E-state index in [0.717, 1.165) is 5.56 Å². The maximum Gasteiger partial charge on any atom is 0.255 e. The number of carbonyl (C=O) groups excluding carboxylic acids is 1. The fourth-order valence-electron chi connectivity index (χ4n) is 3.58. The van der Waals surface area contributed by atoms with Gasteiger partial charge in [-0.1, -0.05) is 48.5 Å². The largest absolute Gasteiger partial charge is 0.492 e. The van der Waals surface area contributed by atoms with Crippen molar-refractivity contribution in [3.63, 3.8) is 0 Å². The van der Waals surface area contributed by atoms with Crippen LogP contribution in [0.2, 0.25) is 0 Å². The third-order valence-electron chi connectivity index (χ3n) is 5.54. The maximum atomic E-state index is 10.9. The molecule has 4 N–H and O–H groups in total. The van der Waals surface area contributed by atoms with Gasteiger partial charge in [0.1, 0.15) is 36.6 Å². The second kappa shape index (κ2) is 14.1. The third kappa shape index (κ3) is 9.22. The smallest absolute Gasteiger partial charge is 0.255 e. The summed E-state index contributed by atoms with van der Waals surface area (Å²) >= 11 is 0. The number of hydrogen-bond acceptors (Lipinski definition) is 7. The molecule has 0 heterocycles. The van der Waals surface area contributed by atoms with E-state index in [4.69, 9.17) is 19.9 Å². The molecule has 0 aliphatic carbocycles. The van der Waals surface area contributed by atoms with Crippen LogP contribution in [-0.4, -0.2) is 66.1 Å². The molecule has 8 heteroatoms. The monoisotopic (exact) mass is 494 g/mol. The predicted octanol–water partition coefficient (Wildman–Crippen LogP) is 2.79. The molecule has 0 aromatic heterocycles. The topological polar surface area (TPSA) is 114 Å². The van der Waals surface area contributed by atoms with Crippen LogP contribution in [0.5, 0.6) is 17.2 Å². The predicted molar refractivity (Wildman–Crippen MR) is 137 cm³/mol. The van der Waals surface area contributed by atoms with Crippen LogP contribution in [0.4, 0.5) is 0 Å². The first-order valence-corrected chi connectivity index (χ1v) is 11.9. The Hall–Kier alpha value is -3.59. The van der Waals surface area contributed by atoms with E-state index in [-0.39, 0.29) is 19.3 Å². The Bertz CT molecular complexity index is 1030. The summed E-state index contributed by atoms with van der Waals surface area (Å²) in [7, 11) is 0. The first-order chi connectivity index (χ1) is 17.4. The van der Waals surface area contributed by atoms with Crippen molar-refractivity contribution in [2.75, 3.05) is 32.9 Å². The zero-order chi connectivity index (χ0) is 25.8. The van der Waals surface area contributed by atoms with E-state index in [9.17, 15) is 15.0 Å². The Morgan fingerprint density at radius 1 is 0.778 bits per heavy atom. The summed E-state index contributed by atoms with van der Waals surface area (Å²) in [6.45, 7) is 2.86. The van der Waals surface area contributed by atoms with E-state index in [1.165, 1.54) is 0 Å². The summed E-state index contributed by atoms with van der Waals surface area (Å²) in [5, 5.41) is 21.5. The van der Waals surface area contributed by atoms with Crippen LogP contribution in [0.1, 0.15) is 18.6 Å². The normalized spacial score (nSPS) is 13.6. The van der Waals surface area contributed by atoms with E-state index >= 15 is 0 Å². The minimum Gasteiger partial charge on any atom is -0.492 e. The van der Waals surface area contributed by atoms with Crippen LogP contribution < -0.4 is 19.9 Å². The molecule has 0 aliphatic heterocycles. The lowest BCUT2D eigenvalue weighted by Crippen LogP contribution is -2.45. The van der Waals surface area contributed by atoms with Crippen molar-refractivity contribution >= 4 is 5.91 Å². The number of hydrogen-bond donors (Lipinski definition) is 3. The van der Waals surface area contributed by atoms with E-state index in [0.29, 0.717) is 36.9 Å². The number of carbonyl (C=O) groups is 1. The number of benzene rings is 3. The lowest BCUT2D eigenvalue weighted by atomic mass is 10.1. The molecule has 0 bridgehead atoms. The number of primary amides is 1. The quantitative estimate of drug-likeness (QED) is 0.298. The Labute approximate surface area is 211 Å². The fraction of sp³-hybridized carbons (Fsp3) is 0.321. The molecule has 0 fully saturated rings. The standard InChI is InChI=1S/C28H34N2O6/c1-21(18-34-25-12-14-26(15-13-25)36-20-28(29)33)30(17-27(32)22-8-4-2-5-9-22)16-23(31)19-35-24-10-6-3-7-11-24/h2-15,21,23,27,31-32H,16-20H2,1H3,(H2,29,33)/t21-,23+,27+/m1/s1. The minimum atomic E-state index is -0.766. The molecule has 3 aromatic carbocycles. The number of aliphatic hydroxyl groups is 2. The Morgan fingerprint density at radius 3 is 1.92 bits per heavy atom. The molecule has 0 saturated heterocycles. The molecular weight excluding hydrogens is 460 g/mol. The van der Waals surface area contributed by atoms with Gasteiger partial charge in [0.15, 0.2) is 6.61 Å². The van der Waals surface area contributed by atoms with Gasteiger partial charge >= 0.3 is 0 Å². The Morgan fingerprint density at radius 2 is 1.31 bits per heavy atom. The van der Waals surface area contributed by atoms with Gasteiger partial charge in [-0.05, 0) is 48.9 Å². The molecule has 0 unspecified atom stereocenters. The highest BCUT2D eigenvalue weighted by Crippen LogP contribution is 2.20. The van der Waals surface area contributed by atoms with E-state index < -0.39 is 18.1 Å². The average Bonchev–Trinajstić information content (AvgIpc) is 2.90. The van der Waals surface area contributed by atoms with Crippen molar-refractivity contribution in [2.45, 2.75) is 25.2 Å². The number of nitrogens with two attached hydrogens (primary N) is 1. The number of para-hydroxylation sites is 1. The Balaban J connectivity index is 1.59. The van der Waals surface area contributed by atoms with Crippen molar-refractivity contribution < 1.29 is 29.2 Å². The molecule has 1 amide bonds. The zero-order valence-corrected chi connectivity index (χ0v) is 20.4. The van der Waals surface area contributed by atoms with Crippen molar-refractivity contribution in [1.29, 1.82) is 0 Å². The van der Waals surface area contributed by atoms with E-state index in [1.807, 2.05) is 72.5 Å². The van der Waals surface area contributed by atoms with Crippen LogP contribution in [0.15, 0.2) is 84.9 Å². The van der Waals surface area contributed by atoms with Gasteiger partial charge in [0.25, 0.3) is 5.91 Å². The van der Waals surface area contributed by atoms with E-state index in [1.54, 1.807) is 24.3 Å². The van der Waals surface area contributed by atoms with Crippen LogP contribution >= 0.6 is 0 Å².